The van der Waals surface area contributed by atoms with Crippen LogP contribution in [0.1, 0.15) is 56.1 Å². The third-order valence-electron chi connectivity index (χ3n) is 6.85. The fraction of sp³-hybridized carbons (Fsp3) is 0.370. The van der Waals surface area contributed by atoms with E-state index in [-0.39, 0.29) is 5.25 Å². The summed E-state index contributed by atoms with van der Waals surface area (Å²) in [6.07, 6.45) is 17.2. The Morgan fingerprint density at radius 2 is 1.79 bits per heavy atom. The summed E-state index contributed by atoms with van der Waals surface area (Å²) in [6.45, 7) is 0. The van der Waals surface area contributed by atoms with E-state index in [1.54, 1.807) is 29.3 Å². The van der Waals surface area contributed by atoms with Gasteiger partial charge in [0.25, 0.3) is 10.0 Å². The average Bonchev–Trinajstić information content (AvgIpc) is 3.54. The first kappa shape index (κ1) is 25.1. The molecule has 0 unspecified atom stereocenters. The summed E-state index contributed by atoms with van der Waals surface area (Å²) in [5.41, 5.74) is 3.08. The van der Waals surface area contributed by atoms with Crippen molar-refractivity contribution in [1.29, 1.82) is 0 Å². The highest BCUT2D eigenvalue weighted by molar-refractivity contribution is 7.90. The normalized spacial score (nSPS) is 15.9. The minimum absolute atomic E-state index is 0.348. The molecule has 0 radical (unpaired) electrons. The maximum atomic E-state index is 12.5. The lowest BCUT2D eigenvalue weighted by atomic mass is 9.95. The Hall–Kier alpha value is -4.24. The molecular formula is C27H29N9O2S. The average molecular weight is 544 g/mol. The third kappa shape index (κ3) is 5.78. The SMILES string of the molecule is Cn1cc(C#Cc2cnc(Nc3ccnc(-c4cnn(S(=O)(=O)C5CC5)c4)n3)cc2NC2CCCCC2)cn1. The molecule has 0 aromatic carbocycles. The molecule has 12 heteroatoms. The van der Waals surface area contributed by atoms with Crippen LogP contribution in [0, 0.1) is 11.8 Å². The van der Waals surface area contributed by atoms with Crippen molar-refractivity contribution in [2.45, 2.75) is 56.2 Å². The van der Waals surface area contributed by atoms with Gasteiger partial charge in [-0.15, -0.1) is 0 Å². The van der Waals surface area contributed by atoms with Crippen LogP contribution in [0.5, 0.6) is 0 Å². The molecule has 0 aliphatic heterocycles. The molecule has 0 spiro atoms. The number of nitrogens with one attached hydrogen (secondary N) is 2. The minimum Gasteiger partial charge on any atom is -0.381 e. The van der Waals surface area contributed by atoms with Crippen LogP contribution in [-0.2, 0) is 17.1 Å². The lowest BCUT2D eigenvalue weighted by Gasteiger charge is -2.24. The van der Waals surface area contributed by atoms with Gasteiger partial charge in [-0.1, -0.05) is 31.1 Å². The van der Waals surface area contributed by atoms with Gasteiger partial charge < -0.3 is 10.6 Å². The highest BCUT2D eigenvalue weighted by atomic mass is 32.2. The van der Waals surface area contributed by atoms with Crippen molar-refractivity contribution in [3.63, 3.8) is 0 Å². The van der Waals surface area contributed by atoms with Crippen LogP contribution >= 0.6 is 0 Å². The first-order chi connectivity index (χ1) is 18.9. The van der Waals surface area contributed by atoms with Crippen LogP contribution in [-0.4, -0.2) is 53.6 Å². The van der Waals surface area contributed by atoms with E-state index in [4.69, 9.17) is 0 Å². The van der Waals surface area contributed by atoms with E-state index < -0.39 is 10.0 Å². The van der Waals surface area contributed by atoms with Crippen molar-refractivity contribution in [3.8, 4) is 23.2 Å². The van der Waals surface area contributed by atoms with Gasteiger partial charge in [0.05, 0.1) is 46.2 Å². The van der Waals surface area contributed by atoms with Crippen LogP contribution in [0.15, 0.2) is 49.3 Å². The molecular weight excluding hydrogens is 514 g/mol. The highest BCUT2D eigenvalue weighted by Crippen LogP contribution is 2.30. The molecule has 4 aromatic rings. The first-order valence-corrected chi connectivity index (χ1v) is 14.6. The van der Waals surface area contributed by atoms with E-state index in [0.717, 1.165) is 33.7 Å². The van der Waals surface area contributed by atoms with Gasteiger partial charge in [-0.25, -0.2) is 23.4 Å². The van der Waals surface area contributed by atoms with Crippen molar-refractivity contribution in [2.24, 2.45) is 7.05 Å². The molecule has 4 aromatic heterocycles. The Morgan fingerprint density at radius 1 is 0.949 bits per heavy atom. The molecule has 0 saturated heterocycles. The summed E-state index contributed by atoms with van der Waals surface area (Å²) in [4.78, 5) is 13.5. The lowest BCUT2D eigenvalue weighted by molar-refractivity contribution is 0.462. The smallest absolute Gasteiger partial charge is 0.256 e. The molecule has 0 bridgehead atoms. The van der Waals surface area contributed by atoms with Gasteiger partial charge >= 0.3 is 0 Å². The Morgan fingerprint density at radius 3 is 2.56 bits per heavy atom. The van der Waals surface area contributed by atoms with Crippen LogP contribution in [0.2, 0.25) is 0 Å². The van der Waals surface area contributed by atoms with Crippen LogP contribution in [0.4, 0.5) is 17.3 Å². The topological polar surface area (TPSA) is 133 Å². The molecule has 11 nitrogen and oxygen atoms in total. The van der Waals surface area contributed by atoms with Crippen LogP contribution < -0.4 is 10.6 Å². The molecule has 2 aliphatic rings. The number of hydrogen-bond acceptors (Lipinski definition) is 9. The summed E-state index contributed by atoms with van der Waals surface area (Å²) in [6, 6.07) is 4.08. The van der Waals surface area contributed by atoms with E-state index in [1.165, 1.54) is 31.7 Å². The highest BCUT2D eigenvalue weighted by Gasteiger charge is 2.37. The summed E-state index contributed by atoms with van der Waals surface area (Å²) in [5, 5.41) is 14.8. The van der Waals surface area contributed by atoms with Gasteiger partial charge in [0.1, 0.15) is 11.6 Å². The molecule has 4 heterocycles. The first-order valence-electron chi connectivity index (χ1n) is 13.1. The van der Waals surface area contributed by atoms with Crippen LogP contribution in [0.25, 0.3) is 11.4 Å². The van der Waals surface area contributed by atoms with Gasteiger partial charge in [0.15, 0.2) is 5.82 Å². The largest absolute Gasteiger partial charge is 0.381 e. The quantitative estimate of drug-likeness (QED) is 0.335. The standard InChI is InChI=1S/C27H29N9O2S/c1-35-17-19(14-30-35)7-8-20-15-29-26(13-24(20)32-22-5-3-2-4-6-22)33-25-11-12-28-27(34-25)21-16-31-36(18-21)39(37,38)23-9-10-23/h11-18,22-23H,2-6,9-10H2,1H3,(H2,28,29,32,33,34). The molecule has 2 N–H and O–H groups in total. The van der Waals surface area contributed by atoms with Crippen molar-refractivity contribution in [1.82, 2.24) is 33.9 Å². The monoisotopic (exact) mass is 543 g/mol. The second kappa shape index (κ2) is 10.5. The van der Waals surface area contributed by atoms with Crippen molar-refractivity contribution in [2.75, 3.05) is 10.6 Å². The second-order valence-electron chi connectivity index (χ2n) is 9.98. The molecule has 0 amide bonds. The number of anilines is 3. The predicted molar refractivity (Wildman–Crippen MR) is 148 cm³/mol. The Balaban J connectivity index is 1.25. The number of nitrogens with zero attached hydrogens (tertiary/aromatic N) is 7. The molecule has 2 fully saturated rings. The summed E-state index contributed by atoms with van der Waals surface area (Å²) in [7, 11) is -1.59. The van der Waals surface area contributed by atoms with E-state index in [2.05, 4.69) is 47.6 Å². The fourth-order valence-electron chi connectivity index (χ4n) is 4.61. The summed E-state index contributed by atoms with van der Waals surface area (Å²) < 4.78 is 27.7. The number of pyridine rings is 1. The van der Waals surface area contributed by atoms with Gasteiger partial charge in [0, 0.05) is 37.7 Å². The molecule has 6 rings (SSSR count). The Bertz CT molecular complexity index is 1660. The van der Waals surface area contributed by atoms with Crippen molar-refractivity contribution < 1.29 is 8.42 Å². The van der Waals surface area contributed by atoms with Crippen LogP contribution in [0.3, 0.4) is 0 Å². The van der Waals surface area contributed by atoms with Gasteiger partial charge in [-0.05, 0) is 31.7 Å². The zero-order valence-corrected chi connectivity index (χ0v) is 22.4. The third-order valence-corrected chi connectivity index (χ3v) is 8.89. The minimum atomic E-state index is -3.45. The Labute approximate surface area is 227 Å². The van der Waals surface area contributed by atoms with Crippen molar-refractivity contribution in [3.05, 3.63) is 60.4 Å². The zero-order valence-electron chi connectivity index (χ0n) is 21.6. The van der Waals surface area contributed by atoms with E-state index in [0.29, 0.717) is 41.9 Å². The molecule has 200 valence electrons. The molecule has 0 atom stereocenters. The van der Waals surface area contributed by atoms with Gasteiger partial charge in [-0.2, -0.15) is 14.3 Å². The number of aryl methyl sites for hydroxylation is 1. The second-order valence-corrected chi connectivity index (χ2v) is 12.1. The molecule has 2 saturated carbocycles. The number of rotatable bonds is 7. The predicted octanol–water partition coefficient (Wildman–Crippen LogP) is 3.70. The molecule has 39 heavy (non-hydrogen) atoms. The van der Waals surface area contributed by atoms with Gasteiger partial charge in [-0.3, -0.25) is 4.68 Å². The van der Waals surface area contributed by atoms with E-state index in [1.807, 2.05) is 19.3 Å². The summed E-state index contributed by atoms with van der Waals surface area (Å²) in [5.74, 6) is 7.92. The van der Waals surface area contributed by atoms with Gasteiger partial charge in [0.2, 0.25) is 0 Å². The van der Waals surface area contributed by atoms with Crippen molar-refractivity contribution >= 4 is 27.3 Å². The zero-order chi connectivity index (χ0) is 26.8. The maximum absolute atomic E-state index is 12.5. The Kier molecular flexibility index (Phi) is 6.74. The van der Waals surface area contributed by atoms with E-state index >= 15 is 0 Å². The summed E-state index contributed by atoms with van der Waals surface area (Å²) >= 11 is 0. The maximum Gasteiger partial charge on any atom is 0.256 e. The molecule has 2 aliphatic carbocycles. The lowest BCUT2D eigenvalue weighted by Crippen LogP contribution is -2.22. The van der Waals surface area contributed by atoms with E-state index in [9.17, 15) is 8.42 Å². The number of aromatic nitrogens is 7. The number of hydrogen-bond donors (Lipinski definition) is 2. The fourth-order valence-corrected chi connectivity index (χ4v) is 6.09.